The van der Waals surface area contributed by atoms with Crippen LogP contribution in [0.3, 0.4) is 0 Å². The SMILES string of the molecule is ClCC1CCCCC1CNc1ncc(Br)cc1Cl. The van der Waals surface area contributed by atoms with E-state index < -0.39 is 0 Å². The molecule has 2 rings (SSSR count). The fourth-order valence-corrected chi connectivity index (χ4v) is 3.63. The van der Waals surface area contributed by atoms with Crippen LogP contribution in [0.1, 0.15) is 25.7 Å². The summed E-state index contributed by atoms with van der Waals surface area (Å²) in [6, 6.07) is 1.86. The largest absolute Gasteiger partial charge is 0.369 e. The van der Waals surface area contributed by atoms with E-state index in [1.165, 1.54) is 25.7 Å². The van der Waals surface area contributed by atoms with Gasteiger partial charge in [0.15, 0.2) is 0 Å². The highest BCUT2D eigenvalue weighted by Gasteiger charge is 2.24. The first-order valence-electron chi connectivity index (χ1n) is 6.31. The van der Waals surface area contributed by atoms with E-state index >= 15 is 0 Å². The number of hydrogen-bond donors (Lipinski definition) is 1. The molecule has 1 aromatic heterocycles. The molecule has 1 aliphatic carbocycles. The van der Waals surface area contributed by atoms with Gasteiger partial charge in [-0.05, 0) is 46.7 Å². The Hall–Kier alpha value is 0.01000. The summed E-state index contributed by atoms with van der Waals surface area (Å²) in [7, 11) is 0. The number of rotatable bonds is 4. The molecular weight excluding hydrogens is 335 g/mol. The van der Waals surface area contributed by atoms with Gasteiger partial charge in [-0.1, -0.05) is 24.4 Å². The third kappa shape index (κ3) is 3.75. The Kier molecular flexibility index (Phi) is 5.58. The maximum Gasteiger partial charge on any atom is 0.144 e. The predicted octanol–water partition coefficient (Wildman–Crippen LogP) is 4.95. The van der Waals surface area contributed by atoms with E-state index in [1.54, 1.807) is 6.20 Å². The predicted molar refractivity (Wildman–Crippen MR) is 81.6 cm³/mol. The Morgan fingerprint density at radius 1 is 1.33 bits per heavy atom. The first-order valence-corrected chi connectivity index (χ1v) is 8.02. The Bertz CT molecular complexity index is 401. The monoisotopic (exact) mass is 350 g/mol. The highest BCUT2D eigenvalue weighted by molar-refractivity contribution is 9.10. The van der Waals surface area contributed by atoms with E-state index in [-0.39, 0.29) is 0 Å². The van der Waals surface area contributed by atoms with Gasteiger partial charge in [0.05, 0.1) is 5.02 Å². The average molecular weight is 352 g/mol. The van der Waals surface area contributed by atoms with Crippen molar-refractivity contribution in [2.24, 2.45) is 11.8 Å². The maximum absolute atomic E-state index is 6.14. The zero-order chi connectivity index (χ0) is 13.0. The summed E-state index contributed by atoms with van der Waals surface area (Å²) in [5.74, 6) is 2.78. The topological polar surface area (TPSA) is 24.9 Å². The number of hydrogen-bond acceptors (Lipinski definition) is 2. The molecule has 2 nitrogen and oxygen atoms in total. The van der Waals surface area contributed by atoms with Gasteiger partial charge in [0, 0.05) is 23.1 Å². The molecular formula is C13H17BrCl2N2. The zero-order valence-corrected chi connectivity index (χ0v) is 13.2. The van der Waals surface area contributed by atoms with E-state index in [0.717, 1.165) is 22.7 Å². The lowest BCUT2D eigenvalue weighted by molar-refractivity contribution is 0.272. The van der Waals surface area contributed by atoms with E-state index in [0.29, 0.717) is 16.9 Å². The molecule has 0 spiro atoms. The van der Waals surface area contributed by atoms with Crippen molar-refractivity contribution in [2.45, 2.75) is 25.7 Å². The molecule has 1 aliphatic rings. The fraction of sp³-hybridized carbons (Fsp3) is 0.615. The minimum Gasteiger partial charge on any atom is -0.369 e. The number of aromatic nitrogens is 1. The van der Waals surface area contributed by atoms with Crippen LogP contribution in [0, 0.1) is 11.8 Å². The van der Waals surface area contributed by atoms with Crippen molar-refractivity contribution in [3.8, 4) is 0 Å². The van der Waals surface area contributed by atoms with Crippen molar-refractivity contribution in [3.05, 3.63) is 21.8 Å². The highest BCUT2D eigenvalue weighted by atomic mass is 79.9. The van der Waals surface area contributed by atoms with Gasteiger partial charge in [-0.3, -0.25) is 0 Å². The van der Waals surface area contributed by atoms with Gasteiger partial charge in [0.25, 0.3) is 0 Å². The first-order chi connectivity index (χ1) is 8.70. The summed E-state index contributed by atoms with van der Waals surface area (Å²) in [5.41, 5.74) is 0. The number of anilines is 1. The number of nitrogens with one attached hydrogen (secondary N) is 1. The molecule has 0 aliphatic heterocycles. The normalized spacial score (nSPS) is 23.9. The molecule has 2 unspecified atom stereocenters. The van der Waals surface area contributed by atoms with Gasteiger partial charge in [0.2, 0.25) is 0 Å². The number of pyridine rings is 1. The standard InChI is InChI=1S/C13H17BrCl2N2/c14-11-5-12(16)13(18-8-11)17-7-10-4-2-1-3-9(10)6-15/h5,8-10H,1-4,6-7H2,(H,17,18). The van der Waals surface area contributed by atoms with Crippen molar-refractivity contribution < 1.29 is 0 Å². The Labute approximate surface area is 127 Å². The summed E-state index contributed by atoms with van der Waals surface area (Å²) in [5, 5.41) is 4.01. The van der Waals surface area contributed by atoms with Crippen LogP contribution in [-0.4, -0.2) is 17.4 Å². The number of nitrogens with zero attached hydrogens (tertiary/aromatic N) is 1. The second-order valence-corrected chi connectivity index (χ2v) is 6.46. The third-order valence-electron chi connectivity index (χ3n) is 3.60. The van der Waals surface area contributed by atoms with Crippen LogP contribution in [-0.2, 0) is 0 Å². The van der Waals surface area contributed by atoms with Crippen LogP contribution < -0.4 is 5.32 Å². The van der Waals surface area contributed by atoms with Gasteiger partial charge in [-0.15, -0.1) is 11.6 Å². The van der Waals surface area contributed by atoms with Crippen LogP contribution >= 0.6 is 39.1 Å². The van der Waals surface area contributed by atoms with Gasteiger partial charge in [0.1, 0.15) is 5.82 Å². The second kappa shape index (κ2) is 6.97. The lowest BCUT2D eigenvalue weighted by Crippen LogP contribution is -2.27. The second-order valence-electron chi connectivity index (χ2n) is 4.82. The van der Waals surface area contributed by atoms with Crippen molar-refractivity contribution in [1.29, 1.82) is 0 Å². The molecule has 0 amide bonds. The molecule has 0 aromatic carbocycles. The van der Waals surface area contributed by atoms with Gasteiger partial charge in [-0.25, -0.2) is 4.98 Å². The summed E-state index contributed by atoms with van der Waals surface area (Å²) < 4.78 is 0.898. The Balaban J connectivity index is 1.93. The van der Waals surface area contributed by atoms with Gasteiger partial charge < -0.3 is 5.32 Å². The van der Waals surface area contributed by atoms with Crippen molar-refractivity contribution in [2.75, 3.05) is 17.7 Å². The van der Waals surface area contributed by atoms with Crippen LogP contribution in [0.4, 0.5) is 5.82 Å². The Morgan fingerprint density at radius 2 is 2.06 bits per heavy atom. The molecule has 100 valence electrons. The molecule has 2 atom stereocenters. The van der Waals surface area contributed by atoms with Gasteiger partial charge in [-0.2, -0.15) is 0 Å². The molecule has 0 saturated heterocycles. The average Bonchev–Trinajstić information content (AvgIpc) is 2.38. The van der Waals surface area contributed by atoms with Crippen LogP contribution in [0.25, 0.3) is 0 Å². The fourth-order valence-electron chi connectivity index (χ4n) is 2.53. The van der Waals surface area contributed by atoms with Crippen molar-refractivity contribution in [3.63, 3.8) is 0 Å². The maximum atomic E-state index is 6.14. The molecule has 1 saturated carbocycles. The number of halogens is 3. The van der Waals surface area contributed by atoms with E-state index in [9.17, 15) is 0 Å². The smallest absolute Gasteiger partial charge is 0.144 e. The summed E-state index contributed by atoms with van der Waals surface area (Å²) >= 11 is 15.5. The summed E-state index contributed by atoms with van der Waals surface area (Å²) in [6.07, 6.45) is 6.87. The molecule has 1 fully saturated rings. The molecule has 5 heteroatoms. The third-order valence-corrected chi connectivity index (χ3v) is 4.72. The lowest BCUT2D eigenvalue weighted by Gasteiger charge is -2.30. The van der Waals surface area contributed by atoms with E-state index in [1.807, 2.05) is 6.07 Å². The molecule has 1 heterocycles. The summed E-state index contributed by atoms with van der Waals surface area (Å²) in [6.45, 7) is 0.908. The van der Waals surface area contributed by atoms with Crippen LogP contribution in [0.15, 0.2) is 16.7 Å². The van der Waals surface area contributed by atoms with Crippen molar-refractivity contribution >= 4 is 44.9 Å². The molecule has 1 N–H and O–H groups in total. The summed E-state index contributed by atoms with van der Waals surface area (Å²) in [4.78, 5) is 4.29. The van der Waals surface area contributed by atoms with Gasteiger partial charge >= 0.3 is 0 Å². The molecule has 0 radical (unpaired) electrons. The quantitative estimate of drug-likeness (QED) is 0.776. The zero-order valence-electron chi connectivity index (χ0n) is 10.1. The Morgan fingerprint density at radius 3 is 2.72 bits per heavy atom. The first kappa shape index (κ1) is 14.4. The van der Waals surface area contributed by atoms with E-state index in [2.05, 4.69) is 26.2 Å². The molecule has 18 heavy (non-hydrogen) atoms. The van der Waals surface area contributed by atoms with E-state index in [4.69, 9.17) is 23.2 Å². The van der Waals surface area contributed by atoms with Crippen LogP contribution in [0.2, 0.25) is 5.02 Å². The number of alkyl halides is 1. The molecule has 0 bridgehead atoms. The minimum atomic E-state index is 0.627. The highest BCUT2D eigenvalue weighted by Crippen LogP contribution is 2.31. The van der Waals surface area contributed by atoms with Crippen molar-refractivity contribution in [1.82, 2.24) is 4.98 Å². The lowest BCUT2D eigenvalue weighted by atomic mass is 9.80. The van der Waals surface area contributed by atoms with Crippen LogP contribution in [0.5, 0.6) is 0 Å². The molecule has 1 aromatic rings. The minimum absolute atomic E-state index is 0.627.